The summed E-state index contributed by atoms with van der Waals surface area (Å²) in [6.07, 6.45) is 28.6. The zero-order valence-electron chi connectivity index (χ0n) is 28.9. The molecule has 0 spiro atoms. The molecule has 1 aromatic heterocycles. The topological polar surface area (TPSA) is 48.4 Å². The predicted octanol–water partition coefficient (Wildman–Crippen LogP) is 12.6. The van der Waals surface area contributed by atoms with Crippen molar-refractivity contribution in [3.8, 4) is 5.75 Å². The highest BCUT2D eigenvalue weighted by atomic mass is 32.1. The highest BCUT2D eigenvalue weighted by Gasteiger charge is 2.32. The SMILES string of the molecule is CCCCCCCCCCCCCCCC(OC(=O)c1ccccc1)C(C)C1CCC=C(c2nscc2OCCCCCC)C1. The Labute approximate surface area is 279 Å². The molecule has 0 saturated heterocycles. The first kappa shape index (κ1) is 37.3. The highest BCUT2D eigenvalue weighted by molar-refractivity contribution is 7.04. The van der Waals surface area contributed by atoms with Crippen molar-refractivity contribution in [1.82, 2.24) is 4.37 Å². The molecule has 3 rings (SSSR count). The molecular formula is C40H63NO3S. The minimum absolute atomic E-state index is 0.0699. The number of esters is 1. The molecule has 0 bridgehead atoms. The number of hydrogen-bond donors (Lipinski definition) is 0. The second kappa shape index (κ2) is 23.2. The lowest BCUT2D eigenvalue weighted by molar-refractivity contribution is 0.00234. The van der Waals surface area contributed by atoms with Gasteiger partial charge in [0.25, 0.3) is 0 Å². The van der Waals surface area contributed by atoms with Crippen LogP contribution in [0.25, 0.3) is 5.57 Å². The summed E-state index contributed by atoms with van der Waals surface area (Å²) in [6, 6.07) is 9.50. The van der Waals surface area contributed by atoms with E-state index in [1.54, 1.807) is 0 Å². The number of carbonyl (C=O) groups excluding carboxylic acids is 1. The number of unbranched alkanes of at least 4 members (excludes halogenated alkanes) is 15. The minimum atomic E-state index is -0.188. The molecule has 0 radical (unpaired) electrons. The maximum absolute atomic E-state index is 13.2. The largest absolute Gasteiger partial charge is 0.490 e. The van der Waals surface area contributed by atoms with Crippen LogP contribution in [0.1, 0.15) is 172 Å². The van der Waals surface area contributed by atoms with Crippen LogP contribution < -0.4 is 4.74 Å². The van der Waals surface area contributed by atoms with Crippen LogP contribution in [0.3, 0.4) is 0 Å². The van der Waals surface area contributed by atoms with Crippen molar-refractivity contribution >= 4 is 23.1 Å². The summed E-state index contributed by atoms with van der Waals surface area (Å²) in [5.41, 5.74) is 2.98. The van der Waals surface area contributed by atoms with E-state index in [-0.39, 0.29) is 18.0 Å². The first-order valence-corrected chi connectivity index (χ1v) is 19.5. The Bertz CT molecular complexity index is 1060. The predicted molar refractivity (Wildman–Crippen MR) is 192 cm³/mol. The molecular weight excluding hydrogens is 575 g/mol. The Morgan fingerprint density at radius 2 is 1.44 bits per heavy atom. The maximum Gasteiger partial charge on any atom is 0.338 e. The Balaban J connectivity index is 1.48. The number of nitrogens with zero attached hydrogens (tertiary/aromatic N) is 1. The van der Waals surface area contributed by atoms with Crippen molar-refractivity contribution in [2.75, 3.05) is 6.61 Å². The summed E-state index contributed by atoms with van der Waals surface area (Å²) in [4.78, 5) is 13.2. The van der Waals surface area contributed by atoms with Crippen molar-refractivity contribution < 1.29 is 14.3 Å². The van der Waals surface area contributed by atoms with Gasteiger partial charge < -0.3 is 9.47 Å². The molecule has 0 amide bonds. The molecule has 1 aliphatic carbocycles. The molecule has 1 aromatic carbocycles. The van der Waals surface area contributed by atoms with Crippen LogP contribution in [-0.2, 0) is 4.74 Å². The first-order valence-electron chi connectivity index (χ1n) is 18.7. The Kier molecular flexibility index (Phi) is 19.3. The van der Waals surface area contributed by atoms with E-state index in [1.807, 2.05) is 30.3 Å². The molecule has 2 aromatic rings. The van der Waals surface area contributed by atoms with Crippen LogP contribution >= 0.6 is 11.5 Å². The number of benzene rings is 1. The van der Waals surface area contributed by atoms with E-state index in [9.17, 15) is 4.79 Å². The van der Waals surface area contributed by atoms with Gasteiger partial charge in [0.05, 0.1) is 17.6 Å². The molecule has 252 valence electrons. The molecule has 1 aliphatic rings. The molecule has 0 N–H and O–H groups in total. The fourth-order valence-electron chi connectivity index (χ4n) is 6.72. The Hall–Kier alpha value is -2.14. The van der Waals surface area contributed by atoms with E-state index < -0.39 is 0 Å². The Morgan fingerprint density at radius 3 is 2.09 bits per heavy atom. The van der Waals surface area contributed by atoms with Crippen LogP contribution in [0.5, 0.6) is 5.75 Å². The molecule has 0 saturated carbocycles. The second-order valence-corrected chi connectivity index (χ2v) is 14.0. The van der Waals surface area contributed by atoms with Gasteiger partial charge in [-0.2, -0.15) is 4.37 Å². The third kappa shape index (κ3) is 14.4. The normalized spacial score (nSPS) is 16.2. The van der Waals surface area contributed by atoms with Gasteiger partial charge in [-0.25, -0.2) is 4.79 Å². The van der Waals surface area contributed by atoms with Gasteiger partial charge in [0.15, 0.2) is 5.75 Å². The smallest absolute Gasteiger partial charge is 0.338 e. The molecule has 5 heteroatoms. The highest BCUT2D eigenvalue weighted by Crippen LogP contribution is 2.40. The van der Waals surface area contributed by atoms with Crippen LogP contribution in [0, 0.1) is 11.8 Å². The van der Waals surface area contributed by atoms with Gasteiger partial charge in [0.2, 0.25) is 0 Å². The van der Waals surface area contributed by atoms with Crippen molar-refractivity contribution in [2.24, 2.45) is 11.8 Å². The average Bonchev–Trinajstić information content (AvgIpc) is 3.55. The number of carbonyl (C=O) groups is 1. The molecule has 3 atom stereocenters. The van der Waals surface area contributed by atoms with Crippen molar-refractivity contribution in [3.05, 3.63) is 53.0 Å². The quantitative estimate of drug-likeness (QED) is 0.0803. The van der Waals surface area contributed by atoms with Gasteiger partial charge in [-0.3, -0.25) is 0 Å². The lowest BCUT2D eigenvalue weighted by Gasteiger charge is -2.33. The Morgan fingerprint density at radius 1 is 0.844 bits per heavy atom. The number of aromatic nitrogens is 1. The summed E-state index contributed by atoms with van der Waals surface area (Å²) in [7, 11) is 0. The average molecular weight is 638 g/mol. The van der Waals surface area contributed by atoms with Gasteiger partial charge in [-0.15, -0.1) is 0 Å². The molecule has 4 nitrogen and oxygen atoms in total. The van der Waals surface area contributed by atoms with E-state index in [1.165, 1.54) is 113 Å². The van der Waals surface area contributed by atoms with Gasteiger partial charge in [-0.05, 0) is 79.6 Å². The standard InChI is InChI=1S/C40H63NO3S/c1-4-6-8-10-11-12-13-14-15-16-17-18-22-29-37(44-40(42)34-25-20-19-21-26-34)33(3)35-27-24-28-36(31-35)39-38(32-45-41-39)43-30-23-9-7-5-2/h19-21,25-26,28,32-33,35,37H,4-18,22-24,27,29-31H2,1-3H3. The van der Waals surface area contributed by atoms with Crippen molar-refractivity contribution in [2.45, 2.75) is 162 Å². The van der Waals surface area contributed by atoms with Crippen LogP contribution in [0.15, 0.2) is 41.8 Å². The number of rotatable bonds is 25. The van der Waals surface area contributed by atoms with Gasteiger partial charge >= 0.3 is 5.97 Å². The van der Waals surface area contributed by atoms with Gasteiger partial charge in [0.1, 0.15) is 11.8 Å². The van der Waals surface area contributed by atoms with Crippen LogP contribution in [-0.4, -0.2) is 23.1 Å². The van der Waals surface area contributed by atoms with Crippen LogP contribution in [0.4, 0.5) is 0 Å². The van der Waals surface area contributed by atoms with E-state index in [0.717, 1.165) is 56.6 Å². The summed E-state index contributed by atoms with van der Waals surface area (Å²) < 4.78 is 17.2. The lowest BCUT2D eigenvalue weighted by Crippen LogP contribution is -2.31. The number of allylic oxidation sites excluding steroid dienone is 2. The third-order valence-corrected chi connectivity index (χ3v) is 10.3. The van der Waals surface area contributed by atoms with E-state index in [2.05, 4.69) is 32.2 Å². The fourth-order valence-corrected chi connectivity index (χ4v) is 7.36. The third-order valence-electron chi connectivity index (χ3n) is 9.70. The molecule has 0 aliphatic heterocycles. The molecule has 45 heavy (non-hydrogen) atoms. The first-order chi connectivity index (χ1) is 22.1. The van der Waals surface area contributed by atoms with Gasteiger partial charge in [-0.1, -0.05) is 141 Å². The summed E-state index contributed by atoms with van der Waals surface area (Å²) in [6.45, 7) is 7.59. The molecule has 3 unspecified atom stereocenters. The van der Waals surface area contributed by atoms with E-state index in [4.69, 9.17) is 13.8 Å². The van der Waals surface area contributed by atoms with Gasteiger partial charge in [0, 0.05) is 0 Å². The minimum Gasteiger partial charge on any atom is -0.490 e. The number of ether oxygens (including phenoxy) is 2. The summed E-state index contributed by atoms with van der Waals surface area (Å²) in [5.74, 6) is 1.50. The zero-order valence-corrected chi connectivity index (χ0v) is 29.7. The summed E-state index contributed by atoms with van der Waals surface area (Å²) >= 11 is 1.49. The van der Waals surface area contributed by atoms with Crippen LogP contribution in [0.2, 0.25) is 0 Å². The maximum atomic E-state index is 13.2. The lowest BCUT2D eigenvalue weighted by atomic mass is 9.76. The van der Waals surface area contributed by atoms with Crippen molar-refractivity contribution in [3.63, 3.8) is 0 Å². The monoisotopic (exact) mass is 637 g/mol. The second-order valence-electron chi connectivity index (χ2n) is 13.4. The van der Waals surface area contributed by atoms with E-state index >= 15 is 0 Å². The van der Waals surface area contributed by atoms with E-state index in [0.29, 0.717) is 11.5 Å². The van der Waals surface area contributed by atoms with Crippen molar-refractivity contribution in [1.29, 1.82) is 0 Å². The molecule has 1 heterocycles. The number of hydrogen-bond acceptors (Lipinski definition) is 5. The fraction of sp³-hybridized carbons (Fsp3) is 0.700. The molecule has 0 fully saturated rings. The zero-order chi connectivity index (χ0) is 32.0. The summed E-state index contributed by atoms with van der Waals surface area (Å²) in [5, 5.41) is 2.06.